The summed E-state index contributed by atoms with van der Waals surface area (Å²) >= 11 is 7.73. The summed E-state index contributed by atoms with van der Waals surface area (Å²) in [5.41, 5.74) is 2.66. The SMILES string of the molecule is CN=C(NCCC(=O)Nc1cccc(Cl)c1C)NCc1nc(C)c(C)s1.I. The molecule has 148 valence electrons. The zero-order chi connectivity index (χ0) is 19.1. The Kier molecular flexibility index (Phi) is 10.0. The van der Waals surface area contributed by atoms with E-state index in [2.05, 4.69) is 32.9 Å². The van der Waals surface area contributed by atoms with Crippen LogP contribution in [0.5, 0.6) is 0 Å². The minimum Gasteiger partial charge on any atom is -0.356 e. The second-order valence-corrected chi connectivity index (χ2v) is 7.51. The first-order valence-corrected chi connectivity index (χ1v) is 9.52. The second-order valence-electron chi connectivity index (χ2n) is 5.81. The Morgan fingerprint density at radius 3 is 2.63 bits per heavy atom. The quantitative estimate of drug-likeness (QED) is 0.305. The molecule has 27 heavy (non-hydrogen) atoms. The zero-order valence-corrected chi connectivity index (χ0v) is 19.8. The van der Waals surface area contributed by atoms with Crippen molar-refractivity contribution in [3.8, 4) is 0 Å². The highest BCUT2D eigenvalue weighted by Crippen LogP contribution is 2.22. The Morgan fingerprint density at radius 2 is 2.00 bits per heavy atom. The molecule has 0 radical (unpaired) electrons. The first kappa shape index (κ1) is 23.6. The third kappa shape index (κ3) is 7.27. The fourth-order valence-corrected chi connectivity index (χ4v) is 3.29. The van der Waals surface area contributed by atoms with E-state index in [1.165, 1.54) is 4.88 Å². The highest BCUT2D eigenvalue weighted by molar-refractivity contribution is 14.0. The van der Waals surface area contributed by atoms with Gasteiger partial charge in [-0.3, -0.25) is 9.79 Å². The number of hydrogen-bond donors (Lipinski definition) is 3. The molecule has 1 aromatic heterocycles. The Bertz CT molecular complexity index is 790. The average Bonchev–Trinajstić information content (AvgIpc) is 2.93. The van der Waals surface area contributed by atoms with Gasteiger partial charge in [-0.05, 0) is 38.5 Å². The third-order valence-corrected chi connectivity index (χ3v) is 5.37. The van der Waals surface area contributed by atoms with Crippen LogP contribution in [0, 0.1) is 20.8 Å². The van der Waals surface area contributed by atoms with E-state index in [4.69, 9.17) is 11.6 Å². The van der Waals surface area contributed by atoms with Crippen molar-refractivity contribution < 1.29 is 4.79 Å². The van der Waals surface area contributed by atoms with Crippen LogP contribution in [-0.4, -0.2) is 30.4 Å². The molecule has 0 bridgehead atoms. The van der Waals surface area contributed by atoms with Crippen molar-refractivity contribution in [2.75, 3.05) is 18.9 Å². The number of halogens is 2. The summed E-state index contributed by atoms with van der Waals surface area (Å²) in [5, 5.41) is 10.9. The second kappa shape index (κ2) is 11.5. The Morgan fingerprint density at radius 1 is 1.26 bits per heavy atom. The van der Waals surface area contributed by atoms with Crippen LogP contribution in [0.15, 0.2) is 23.2 Å². The smallest absolute Gasteiger partial charge is 0.226 e. The first-order valence-electron chi connectivity index (χ1n) is 8.33. The van der Waals surface area contributed by atoms with Gasteiger partial charge in [0.05, 0.1) is 12.2 Å². The van der Waals surface area contributed by atoms with Crippen LogP contribution in [0.3, 0.4) is 0 Å². The van der Waals surface area contributed by atoms with Crippen LogP contribution < -0.4 is 16.0 Å². The van der Waals surface area contributed by atoms with Gasteiger partial charge in [0.2, 0.25) is 5.91 Å². The molecule has 9 heteroatoms. The highest BCUT2D eigenvalue weighted by Gasteiger charge is 2.08. The normalized spacial score (nSPS) is 10.9. The number of benzene rings is 1. The number of aliphatic imine (C=N–C) groups is 1. The molecule has 3 N–H and O–H groups in total. The summed E-state index contributed by atoms with van der Waals surface area (Å²) in [6.07, 6.45) is 0.322. The van der Waals surface area contributed by atoms with Crippen molar-refractivity contribution in [1.82, 2.24) is 15.6 Å². The maximum Gasteiger partial charge on any atom is 0.226 e. The fourth-order valence-electron chi connectivity index (χ4n) is 2.24. The predicted octanol–water partition coefficient (Wildman–Crippen LogP) is 4.03. The molecule has 0 atom stereocenters. The molecule has 1 amide bonds. The van der Waals surface area contributed by atoms with Gasteiger partial charge in [0.1, 0.15) is 5.01 Å². The largest absolute Gasteiger partial charge is 0.356 e. The number of guanidine groups is 1. The number of thiazole rings is 1. The molecular formula is C18H25ClIN5OS. The van der Waals surface area contributed by atoms with E-state index in [0.29, 0.717) is 30.5 Å². The number of anilines is 1. The summed E-state index contributed by atoms with van der Waals surface area (Å²) in [5.74, 6) is 0.562. The van der Waals surface area contributed by atoms with E-state index < -0.39 is 0 Å². The van der Waals surface area contributed by atoms with Gasteiger partial charge in [-0.1, -0.05) is 17.7 Å². The van der Waals surface area contributed by atoms with Gasteiger partial charge in [0, 0.05) is 35.6 Å². The van der Waals surface area contributed by atoms with Gasteiger partial charge in [-0.15, -0.1) is 35.3 Å². The van der Waals surface area contributed by atoms with E-state index in [1.807, 2.05) is 26.0 Å². The molecule has 0 spiro atoms. The number of nitrogens with zero attached hydrogens (tertiary/aromatic N) is 2. The average molecular weight is 522 g/mol. The minimum atomic E-state index is -0.0792. The maximum absolute atomic E-state index is 12.1. The predicted molar refractivity (Wildman–Crippen MR) is 125 cm³/mol. The molecule has 0 unspecified atom stereocenters. The number of carbonyl (C=O) groups is 1. The summed E-state index contributed by atoms with van der Waals surface area (Å²) in [6, 6.07) is 5.46. The van der Waals surface area contributed by atoms with Crippen LogP contribution in [0.2, 0.25) is 5.02 Å². The lowest BCUT2D eigenvalue weighted by molar-refractivity contribution is -0.116. The number of amides is 1. The molecule has 6 nitrogen and oxygen atoms in total. The lowest BCUT2D eigenvalue weighted by Crippen LogP contribution is -2.38. The van der Waals surface area contributed by atoms with E-state index in [0.717, 1.165) is 22.0 Å². The van der Waals surface area contributed by atoms with E-state index in [1.54, 1.807) is 24.5 Å². The summed E-state index contributed by atoms with van der Waals surface area (Å²) in [7, 11) is 1.70. The lowest BCUT2D eigenvalue weighted by atomic mass is 10.2. The molecule has 0 fully saturated rings. The molecule has 0 aliphatic carbocycles. The number of carbonyl (C=O) groups excluding carboxylic acids is 1. The molecule has 2 rings (SSSR count). The summed E-state index contributed by atoms with van der Waals surface area (Å²) in [6.45, 7) is 7.02. The molecule has 0 aliphatic heterocycles. The van der Waals surface area contributed by atoms with Crippen LogP contribution >= 0.6 is 46.9 Å². The topological polar surface area (TPSA) is 78.4 Å². The third-order valence-electron chi connectivity index (χ3n) is 3.89. The van der Waals surface area contributed by atoms with Gasteiger partial charge in [0.15, 0.2) is 5.96 Å². The van der Waals surface area contributed by atoms with E-state index in [-0.39, 0.29) is 29.9 Å². The lowest BCUT2D eigenvalue weighted by Gasteiger charge is -2.12. The molecule has 1 heterocycles. The summed E-state index contributed by atoms with van der Waals surface area (Å²) < 4.78 is 0. The van der Waals surface area contributed by atoms with Gasteiger partial charge >= 0.3 is 0 Å². The van der Waals surface area contributed by atoms with Crippen LogP contribution in [0.25, 0.3) is 0 Å². The summed E-state index contributed by atoms with van der Waals surface area (Å²) in [4.78, 5) is 22.0. The minimum absolute atomic E-state index is 0. The van der Waals surface area contributed by atoms with Crippen molar-refractivity contribution in [3.63, 3.8) is 0 Å². The van der Waals surface area contributed by atoms with Crippen molar-refractivity contribution in [3.05, 3.63) is 44.4 Å². The van der Waals surface area contributed by atoms with Crippen molar-refractivity contribution in [2.24, 2.45) is 4.99 Å². The Balaban J connectivity index is 0.00000364. The number of nitrogens with one attached hydrogen (secondary N) is 3. The van der Waals surface area contributed by atoms with Gasteiger partial charge in [0.25, 0.3) is 0 Å². The number of aromatic nitrogens is 1. The zero-order valence-electron chi connectivity index (χ0n) is 15.9. The monoisotopic (exact) mass is 521 g/mol. The van der Waals surface area contributed by atoms with Gasteiger partial charge < -0.3 is 16.0 Å². The Hall–Kier alpha value is -1.39. The highest BCUT2D eigenvalue weighted by atomic mass is 127. The van der Waals surface area contributed by atoms with Crippen molar-refractivity contribution >= 4 is 64.5 Å². The maximum atomic E-state index is 12.1. The van der Waals surface area contributed by atoms with Crippen LogP contribution in [-0.2, 0) is 11.3 Å². The van der Waals surface area contributed by atoms with E-state index in [9.17, 15) is 4.79 Å². The van der Waals surface area contributed by atoms with Crippen molar-refractivity contribution in [2.45, 2.75) is 33.7 Å². The first-order chi connectivity index (χ1) is 12.4. The molecule has 0 saturated carbocycles. The van der Waals surface area contributed by atoms with Crippen LogP contribution in [0.1, 0.15) is 27.6 Å². The number of rotatable bonds is 6. The fraction of sp³-hybridized carbons (Fsp3) is 0.389. The number of hydrogen-bond acceptors (Lipinski definition) is 4. The molecule has 2 aromatic rings. The molecular weight excluding hydrogens is 497 g/mol. The number of aryl methyl sites for hydroxylation is 2. The molecule has 1 aromatic carbocycles. The van der Waals surface area contributed by atoms with Gasteiger partial charge in [-0.2, -0.15) is 0 Å². The Labute approximate surface area is 186 Å². The standard InChI is InChI=1S/C18H24ClN5OS.HI/c1-11-14(19)6-5-7-15(11)24-16(25)8-9-21-18(20-4)22-10-17-23-12(2)13(3)26-17;/h5-7H,8-10H2,1-4H3,(H,24,25)(H2,20,21,22);1H. The van der Waals surface area contributed by atoms with Crippen molar-refractivity contribution in [1.29, 1.82) is 0 Å². The van der Waals surface area contributed by atoms with Crippen LogP contribution in [0.4, 0.5) is 5.69 Å². The van der Waals surface area contributed by atoms with Gasteiger partial charge in [-0.25, -0.2) is 4.98 Å². The van der Waals surface area contributed by atoms with E-state index >= 15 is 0 Å². The molecule has 0 saturated heterocycles. The molecule has 0 aliphatic rings.